The van der Waals surface area contributed by atoms with Gasteiger partial charge in [0.1, 0.15) is 11.3 Å². The fourth-order valence-electron chi connectivity index (χ4n) is 2.73. The van der Waals surface area contributed by atoms with Crippen molar-refractivity contribution in [2.45, 2.75) is 26.7 Å². The number of hydrogen-bond acceptors (Lipinski definition) is 6. The van der Waals surface area contributed by atoms with Crippen molar-refractivity contribution in [3.63, 3.8) is 0 Å². The SMILES string of the molecule is COc1cc(NC(=O)c2cc(C(C)C)nc3onc(C)c23)ccc1C(=O)O. The average molecular weight is 369 g/mol. The van der Waals surface area contributed by atoms with Crippen LogP contribution in [-0.4, -0.2) is 34.2 Å². The van der Waals surface area contributed by atoms with E-state index >= 15 is 0 Å². The predicted molar refractivity (Wildman–Crippen MR) is 98.5 cm³/mol. The van der Waals surface area contributed by atoms with Gasteiger partial charge >= 0.3 is 5.97 Å². The molecule has 2 heterocycles. The number of pyridine rings is 1. The number of ether oxygens (including phenoxy) is 1. The molecule has 0 fully saturated rings. The van der Waals surface area contributed by atoms with Gasteiger partial charge in [-0.05, 0) is 31.0 Å². The van der Waals surface area contributed by atoms with E-state index in [2.05, 4.69) is 15.5 Å². The molecular formula is C19H19N3O5. The molecular weight excluding hydrogens is 350 g/mol. The highest BCUT2D eigenvalue weighted by Crippen LogP contribution is 2.27. The van der Waals surface area contributed by atoms with Gasteiger partial charge in [-0.3, -0.25) is 4.79 Å². The Balaban J connectivity index is 2.01. The van der Waals surface area contributed by atoms with Gasteiger partial charge in [-0.2, -0.15) is 0 Å². The van der Waals surface area contributed by atoms with Crippen molar-refractivity contribution in [2.75, 3.05) is 12.4 Å². The lowest BCUT2D eigenvalue weighted by Crippen LogP contribution is -2.14. The molecule has 0 radical (unpaired) electrons. The van der Waals surface area contributed by atoms with Crippen molar-refractivity contribution in [1.82, 2.24) is 10.1 Å². The topological polar surface area (TPSA) is 115 Å². The van der Waals surface area contributed by atoms with Crippen molar-refractivity contribution in [3.8, 4) is 5.75 Å². The summed E-state index contributed by atoms with van der Waals surface area (Å²) < 4.78 is 10.3. The zero-order chi connectivity index (χ0) is 19.7. The molecule has 0 aliphatic rings. The Morgan fingerprint density at radius 3 is 2.59 bits per heavy atom. The van der Waals surface area contributed by atoms with Gasteiger partial charge in [-0.15, -0.1) is 0 Å². The minimum Gasteiger partial charge on any atom is -0.496 e. The van der Waals surface area contributed by atoms with Gasteiger partial charge in [0.25, 0.3) is 11.6 Å². The predicted octanol–water partition coefficient (Wildman–Crippen LogP) is 3.61. The molecule has 1 aromatic carbocycles. The lowest BCUT2D eigenvalue weighted by atomic mass is 10.0. The minimum absolute atomic E-state index is 0.0128. The third-order valence-corrected chi connectivity index (χ3v) is 4.16. The molecule has 140 valence electrons. The van der Waals surface area contributed by atoms with Crippen molar-refractivity contribution in [2.24, 2.45) is 0 Å². The summed E-state index contributed by atoms with van der Waals surface area (Å²) in [5.41, 5.74) is 2.40. The van der Waals surface area contributed by atoms with E-state index in [1.807, 2.05) is 13.8 Å². The molecule has 27 heavy (non-hydrogen) atoms. The van der Waals surface area contributed by atoms with Gasteiger partial charge in [-0.25, -0.2) is 9.78 Å². The number of carboxylic acid groups (broad SMARTS) is 1. The Morgan fingerprint density at radius 1 is 1.22 bits per heavy atom. The number of nitrogens with zero attached hydrogens (tertiary/aromatic N) is 2. The van der Waals surface area contributed by atoms with E-state index in [0.29, 0.717) is 33.7 Å². The summed E-state index contributed by atoms with van der Waals surface area (Å²) in [7, 11) is 1.37. The molecule has 2 aromatic heterocycles. The number of carbonyl (C=O) groups is 2. The van der Waals surface area contributed by atoms with Gasteiger partial charge in [0.2, 0.25) is 0 Å². The van der Waals surface area contributed by atoms with Gasteiger partial charge in [-0.1, -0.05) is 19.0 Å². The molecule has 0 saturated carbocycles. The standard InChI is InChI=1S/C19H19N3O5/c1-9(2)14-8-13(16-10(3)22-27-18(16)21-14)17(23)20-11-5-6-12(19(24)25)15(7-11)26-4/h5-9H,1-4H3,(H,20,23)(H,24,25). The van der Waals surface area contributed by atoms with E-state index in [9.17, 15) is 9.59 Å². The summed E-state index contributed by atoms with van der Waals surface area (Å²) in [5.74, 6) is -1.23. The number of nitrogens with one attached hydrogen (secondary N) is 1. The third kappa shape index (κ3) is 3.46. The Morgan fingerprint density at radius 2 is 1.96 bits per heavy atom. The quantitative estimate of drug-likeness (QED) is 0.706. The fourth-order valence-corrected chi connectivity index (χ4v) is 2.73. The van der Waals surface area contributed by atoms with Crippen molar-refractivity contribution < 1.29 is 24.0 Å². The molecule has 0 aliphatic carbocycles. The molecule has 0 aliphatic heterocycles. The van der Waals surface area contributed by atoms with Crippen molar-refractivity contribution in [3.05, 3.63) is 46.8 Å². The van der Waals surface area contributed by atoms with Crippen LogP contribution in [0.15, 0.2) is 28.8 Å². The molecule has 0 spiro atoms. The number of fused-ring (bicyclic) bond motifs is 1. The van der Waals surface area contributed by atoms with Crippen LogP contribution in [0.2, 0.25) is 0 Å². The van der Waals surface area contributed by atoms with Crippen LogP contribution in [0.1, 0.15) is 51.9 Å². The van der Waals surface area contributed by atoms with Crippen LogP contribution in [0, 0.1) is 6.92 Å². The maximum absolute atomic E-state index is 12.9. The van der Waals surface area contributed by atoms with Crippen LogP contribution in [0.3, 0.4) is 0 Å². The first-order chi connectivity index (χ1) is 12.8. The van der Waals surface area contributed by atoms with Gasteiger partial charge < -0.3 is 19.7 Å². The second-order valence-electron chi connectivity index (χ2n) is 6.37. The number of amides is 1. The summed E-state index contributed by atoms with van der Waals surface area (Å²) in [4.78, 5) is 28.5. The normalized spacial score (nSPS) is 11.0. The first kappa shape index (κ1) is 18.4. The number of benzene rings is 1. The van der Waals surface area contributed by atoms with E-state index < -0.39 is 5.97 Å². The third-order valence-electron chi connectivity index (χ3n) is 4.16. The first-order valence-corrected chi connectivity index (χ1v) is 8.31. The lowest BCUT2D eigenvalue weighted by Gasteiger charge is -2.11. The first-order valence-electron chi connectivity index (χ1n) is 8.31. The summed E-state index contributed by atoms with van der Waals surface area (Å²) in [6, 6.07) is 6.06. The van der Waals surface area contributed by atoms with Crippen LogP contribution >= 0.6 is 0 Å². The smallest absolute Gasteiger partial charge is 0.339 e. The number of aromatic nitrogens is 2. The number of carbonyl (C=O) groups excluding carboxylic acids is 1. The summed E-state index contributed by atoms with van der Waals surface area (Å²) in [6.45, 7) is 5.67. The number of methoxy groups -OCH3 is 1. The maximum Gasteiger partial charge on any atom is 0.339 e. The second kappa shape index (κ2) is 7.06. The van der Waals surface area contributed by atoms with Gasteiger partial charge in [0, 0.05) is 17.4 Å². The molecule has 0 atom stereocenters. The zero-order valence-electron chi connectivity index (χ0n) is 15.4. The Labute approximate surface area is 155 Å². The van der Waals surface area contributed by atoms with Crippen LogP contribution in [-0.2, 0) is 0 Å². The van der Waals surface area contributed by atoms with Crippen LogP contribution < -0.4 is 10.1 Å². The van der Waals surface area contributed by atoms with E-state index in [0.717, 1.165) is 0 Å². The monoisotopic (exact) mass is 369 g/mol. The van der Waals surface area contributed by atoms with Crippen molar-refractivity contribution in [1.29, 1.82) is 0 Å². The van der Waals surface area contributed by atoms with Gasteiger partial charge in [0.05, 0.1) is 23.8 Å². The number of hydrogen-bond donors (Lipinski definition) is 2. The molecule has 8 heteroatoms. The van der Waals surface area contributed by atoms with E-state index in [4.69, 9.17) is 14.4 Å². The Bertz CT molecular complexity index is 1040. The highest BCUT2D eigenvalue weighted by atomic mass is 16.5. The lowest BCUT2D eigenvalue weighted by molar-refractivity contribution is 0.0693. The zero-order valence-corrected chi connectivity index (χ0v) is 15.4. The average Bonchev–Trinajstić information content (AvgIpc) is 3.01. The van der Waals surface area contributed by atoms with Crippen LogP contribution in [0.25, 0.3) is 11.1 Å². The highest BCUT2D eigenvalue weighted by Gasteiger charge is 2.20. The number of carboxylic acids is 1. The summed E-state index contributed by atoms with van der Waals surface area (Å²) >= 11 is 0. The van der Waals surface area contributed by atoms with Crippen LogP contribution in [0.4, 0.5) is 5.69 Å². The minimum atomic E-state index is -1.11. The Hall–Kier alpha value is -3.42. The summed E-state index contributed by atoms with van der Waals surface area (Å²) in [5, 5.41) is 16.4. The second-order valence-corrected chi connectivity index (χ2v) is 6.37. The number of anilines is 1. The fraction of sp³-hybridized carbons (Fsp3) is 0.263. The van der Waals surface area contributed by atoms with E-state index in [-0.39, 0.29) is 23.1 Å². The summed E-state index contributed by atoms with van der Waals surface area (Å²) in [6.07, 6.45) is 0. The van der Waals surface area contributed by atoms with Crippen LogP contribution in [0.5, 0.6) is 5.75 Å². The van der Waals surface area contributed by atoms with E-state index in [1.54, 1.807) is 13.0 Å². The molecule has 0 bridgehead atoms. The van der Waals surface area contributed by atoms with E-state index in [1.165, 1.54) is 25.3 Å². The number of aromatic carboxylic acids is 1. The molecule has 1 amide bonds. The largest absolute Gasteiger partial charge is 0.496 e. The van der Waals surface area contributed by atoms with Gasteiger partial charge in [0.15, 0.2) is 0 Å². The molecule has 3 aromatic rings. The molecule has 3 rings (SSSR count). The molecule has 0 unspecified atom stereocenters. The highest BCUT2D eigenvalue weighted by molar-refractivity contribution is 6.12. The number of aryl methyl sites for hydroxylation is 1. The molecule has 0 saturated heterocycles. The van der Waals surface area contributed by atoms with Crippen molar-refractivity contribution >= 4 is 28.7 Å². The molecule has 2 N–H and O–H groups in total. The Kier molecular flexibility index (Phi) is 4.81. The number of rotatable bonds is 5. The maximum atomic E-state index is 12.9. The molecule has 8 nitrogen and oxygen atoms in total.